The van der Waals surface area contributed by atoms with Gasteiger partial charge in [0.1, 0.15) is 0 Å². The molecule has 1 fully saturated rings. The predicted octanol–water partition coefficient (Wildman–Crippen LogP) is 1.65. The van der Waals surface area contributed by atoms with E-state index in [0.29, 0.717) is 37.3 Å². The predicted molar refractivity (Wildman–Crippen MR) is 104 cm³/mol. The zero-order valence-electron chi connectivity index (χ0n) is 16.1. The van der Waals surface area contributed by atoms with E-state index in [1.54, 1.807) is 34.2 Å². The lowest BCUT2D eigenvalue weighted by molar-refractivity contribution is -0.385. The molecule has 9 nitrogen and oxygen atoms in total. The highest BCUT2D eigenvalue weighted by atomic mass is 16.6. The fourth-order valence-electron chi connectivity index (χ4n) is 4.04. The molecule has 152 valence electrons. The van der Waals surface area contributed by atoms with Crippen LogP contribution in [-0.4, -0.2) is 62.5 Å². The van der Waals surface area contributed by atoms with E-state index in [0.717, 1.165) is 31.5 Å². The summed E-state index contributed by atoms with van der Waals surface area (Å²) in [6, 6.07) is 6.30. The van der Waals surface area contributed by atoms with Gasteiger partial charge in [-0.3, -0.25) is 24.4 Å². The summed E-state index contributed by atoms with van der Waals surface area (Å²) in [5.74, 6) is -0.187. The number of amides is 2. The van der Waals surface area contributed by atoms with Crippen LogP contribution in [0.2, 0.25) is 0 Å². The third kappa shape index (κ3) is 3.85. The molecule has 29 heavy (non-hydrogen) atoms. The van der Waals surface area contributed by atoms with Gasteiger partial charge in [0.25, 0.3) is 11.6 Å². The number of nitro groups is 1. The fourth-order valence-corrected chi connectivity index (χ4v) is 4.04. The van der Waals surface area contributed by atoms with Gasteiger partial charge in [0.2, 0.25) is 5.91 Å². The molecule has 1 aromatic heterocycles. The van der Waals surface area contributed by atoms with Crippen molar-refractivity contribution in [3.05, 3.63) is 57.4 Å². The molecule has 0 unspecified atom stereocenters. The minimum atomic E-state index is -0.466. The minimum Gasteiger partial charge on any atom is -0.339 e. The Balaban J connectivity index is 1.37. The van der Waals surface area contributed by atoms with Crippen LogP contribution in [0.5, 0.6) is 0 Å². The first-order chi connectivity index (χ1) is 14.0. The molecule has 3 heterocycles. The molecule has 0 N–H and O–H groups in total. The van der Waals surface area contributed by atoms with Crippen LogP contribution in [0.4, 0.5) is 5.69 Å². The van der Waals surface area contributed by atoms with E-state index in [4.69, 9.17) is 0 Å². The maximum atomic E-state index is 12.9. The molecule has 0 saturated carbocycles. The molecule has 0 radical (unpaired) electrons. The molecule has 2 aliphatic rings. The van der Waals surface area contributed by atoms with Crippen molar-refractivity contribution in [3.63, 3.8) is 0 Å². The van der Waals surface area contributed by atoms with Crippen molar-refractivity contribution in [1.29, 1.82) is 0 Å². The standard InChI is InChI=1S/C20H23N5O4/c26-19(13-15-5-1-2-6-17(15)25(28)29)22-9-11-23(12-10-22)20(27)16-14-21-24-8-4-3-7-18(16)24/h1-2,5-6,14H,3-4,7-13H2. The number of aryl methyl sites for hydroxylation is 1. The Labute approximate surface area is 168 Å². The third-order valence-electron chi connectivity index (χ3n) is 5.66. The van der Waals surface area contributed by atoms with Gasteiger partial charge < -0.3 is 9.80 Å². The van der Waals surface area contributed by atoms with Crippen molar-refractivity contribution < 1.29 is 14.5 Å². The van der Waals surface area contributed by atoms with Crippen LogP contribution in [0.1, 0.15) is 34.5 Å². The molecule has 0 bridgehead atoms. The van der Waals surface area contributed by atoms with Gasteiger partial charge in [-0.2, -0.15) is 5.10 Å². The maximum absolute atomic E-state index is 12.9. The van der Waals surface area contributed by atoms with Gasteiger partial charge in [0.15, 0.2) is 0 Å². The lowest BCUT2D eigenvalue weighted by Crippen LogP contribution is -2.51. The molecule has 4 rings (SSSR count). The first-order valence-corrected chi connectivity index (χ1v) is 9.88. The highest BCUT2D eigenvalue weighted by Gasteiger charge is 2.29. The normalized spacial score (nSPS) is 16.4. The van der Waals surface area contributed by atoms with Crippen molar-refractivity contribution in [1.82, 2.24) is 19.6 Å². The molecule has 1 aromatic carbocycles. The summed E-state index contributed by atoms with van der Waals surface area (Å²) in [5, 5.41) is 15.5. The van der Waals surface area contributed by atoms with Gasteiger partial charge in [-0.15, -0.1) is 0 Å². The second-order valence-corrected chi connectivity index (χ2v) is 7.42. The van der Waals surface area contributed by atoms with Crippen molar-refractivity contribution >= 4 is 17.5 Å². The number of hydrogen-bond donors (Lipinski definition) is 0. The Hall–Kier alpha value is -3.23. The van der Waals surface area contributed by atoms with Gasteiger partial charge >= 0.3 is 0 Å². The first kappa shape index (κ1) is 19.1. The lowest BCUT2D eigenvalue weighted by atomic mass is 10.1. The average Bonchev–Trinajstić information content (AvgIpc) is 3.17. The summed E-state index contributed by atoms with van der Waals surface area (Å²) < 4.78 is 1.92. The molecule has 0 atom stereocenters. The van der Waals surface area contributed by atoms with E-state index in [9.17, 15) is 19.7 Å². The number of aromatic nitrogens is 2. The number of benzene rings is 1. The minimum absolute atomic E-state index is 0.0119. The Bertz CT molecular complexity index is 946. The summed E-state index contributed by atoms with van der Waals surface area (Å²) in [5.41, 5.74) is 2.05. The van der Waals surface area contributed by atoms with Crippen LogP contribution in [0.25, 0.3) is 0 Å². The summed E-state index contributed by atoms with van der Waals surface area (Å²) in [7, 11) is 0. The third-order valence-corrected chi connectivity index (χ3v) is 5.66. The second-order valence-electron chi connectivity index (χ2n) is 7.42. The molecule has 2 aromatic rings. The van der Waals surface area contributed by atoms with E-state index in [1.807, 2.05) is 4.68 Å². The van der Waals surface area contributed by atoms with Crippen LogP contribution < -0.4 is 0 Å². The number of hydrogen-bond acceptors (Lipinski definition) is 5. The maximum Gasteiger partial charge on any atom is 0.273 e. The van der Waals surface area contributed by atoms with E-state index < -0.39 is 4.92 Å². The van der Waals surface area contributed by atoms with E-state index in [2.05, 4.69) is 5.10 Å². The van der Waals surface area contributed by atoms with Crippen LogP contribution in [0, 0.1) is 10.1 Å². The Morgan fingerprint density at radius 2 is 1.76 bits per heavy atom. The number of rotatable bonds is 4. The Morgan fingerprint density at radius 1 is 1.03 bits per heavy atom. The van der Waals surface area contributed by atoms with E-state index in [1.165, 1.54) is 6.07 Å². The average molecular weight is 397 g/mol. The number of para-hydroxylation sites is 1. The molecular formula is C20H23N5O4. The number of nitro benzene ring substituents is 1. The molecule has 2 amide bonds. The van der Waals surface area contributed by atoms with Gasteiger partial charge in [0, 0.05) is 44.4 Å². The van der Waals surface area contributed by atoms with Gasteiger partial charge in [0.05, 0.1) is 28.8 Å². The highest BCUT2D eigenvalue weighted by molar-refractivity contribution is 5.95. The number of carbonyl (C=O) groups is 2. The monoisotopic (exact) mass is 397 g/mol. The van der Waals surface area contributed by atoms with Gasteiger partial charge in [-0.05, 0) is 19.3 Å². The highest BCUT2D eigenvalue weighted by Crippen LogP contribution is 2.21. The number of nitrogens with zero attached hydrogens (tertiary/aromatic N) is 5. The molecule has 0 spiro atoms. The zero-order valence-corrected chi connectivity index (χ0v) is 16.1. The van der Waals surface area contributed by atoms with Crippen LogP contribution in [-0.2, 0) is 24.2 Å². The smallest absolute Gasteiger partial charge is 0.273 e. The lowest BCUT2D eigenvalue weighted by Gasteiger charge is -2.35. The van der Waals surface area contributed by atoms with Crippen molar-refractivity contribution in [2.24, 2.45) is 0 Å². The molecular weight excluding hydrogens is 374 g/mol. The van der Waals surface area contributed by atoms with Gasteiger partial charge in [-0.1, -0.05) is 18.2 Å². The molecule has 0 aliphatic carbocycles. The van der Waals surface area contributed by atoms with Crippen molar-refractivity contribution in [2.75, 3.05) is 26.2 Å². The number of carbonyl (C=O) groups excluding carboxylic acids is 2. The Morgan fingerprint density at radius 3 is 2.52 bits per heavy atom. The summed E-state index contributed by atoms with van der Waals surface area (Å²) in [6.45, 7) is 2.61. The van der Waals surface area contributed by atoms with E-state index >= 15 is 0 Å². The quantitative estimate of drug-likeness (QED) is 0.577. The second kappa shape index (κ2) is 8.02. The zero-order chi connectivity index (χ0) is 20.4. The summed E-state index contributed by atoms with van der Waals surface area (Å²) >= 11 is 0. The first-order valence-electron chi connectivity index (χ1n) is 9.88. The van der Waals surface area contributed by atoms with Crippen LogP contribution in [0.3, 0.4) is 0 Å². The SMILES string of the molecule is O=C(Cc1ccccc1[N+](=O)[O-])N1CCN(C(=O)c2cnn3c2CCCC3)CC1. The molecule has 2 aliphatic heterocycles. The van der Waals surface area contributed by atoms with Crippen molar-refractivity contribution in [2.45, 2.75) is 32.2 Å². The summed E-state index contributed by atoms with van der Waals surface area (Å²) in [6.07, 6.45) is 4.68. The number of piperazine rings is 1. The fraction of sp³-hybridized carbons (Fsp3) is 0.450. The molecule has 9 heteroatoms. The topological polar surface area (TPSA) is 102 Å². The van der Waals surface area contributed by atoms with E-state index in [-0.39, 0.29) is 23.9 Å². The van der Waals surface area contributed by atoms with Crippen molar-refractivity contribution in [3.8, 4) is 0 Å². The Kier molecular flexibility index (Phi) is 5.28. The van der Waals surface area contributed by atoms with Gasteiger partial charge in [-0.25, -0.2) is 0 Å². The van der Waals surface area contributed by atoms with Crippen LogP contribution in [0.15, 0.2) is 30.5 Å². The largest absolute Gasteiger partial charge is 0.339 e. The number of fused-ring (bicyclic) bond motifs is 1. The molecule has 1 saturated heterocycles. The van der Waals surface area contributed by atoms with Crippen LogP contribution >= 0.6 is 0 Å². The summed E-state index contributed by atoms with van der Waals surface area (Å²) in [4.78, 5) is 39.7.